The summed E-state index contributed by atoms with van der Waals surface area (Å²) in [6.07, 6.45) is 13.1. The monoisotopic (exact) mass is 355 g/mol. The van der Waals surface area contributed by atoms with E-state index in [2.05, 4.69) is 33.3 Å². The smallest absolute Gasteiger partial charge is 0.157 e. The van der Waals surface area contributed by atoms with Gasteiger partial charge in [-0.1, -0.05) is 25.7 Å². The van der Waals surface area contributed by atoms with Crippen molar-refractivity contribution in [2.45, 2.75) is 70.4 Å². The summed E-state index contributed by atoms with van der Waals surface area (Å²) in [4.78, 5) is 7.44. The molecule has 142 valence electrons. The molecular formula is C21H33N5. The number of nitrogens with one attached hydrogen (secondary N) is 1. The van der Waals surface area contributed by atoms with E-state index in [-0.39, 0.29) is 0 Å². The zero-order valence-electron chi connectivity index (χ0n) is 16.4. The predicted molar refractivity (Wildman–Crippen MR) is 106 cm³/mol. The molecule has 0 amide bonds. The van der Waals surface area contributed by atoms with Crippen molar-refractivity contribution in [2.24, 2.45) is 7.05 Å². The fourth-order valence-corrected chi connectivity index (χ4v) is 5.07. The van der Waals surface area contributed by atoms with Gasteiger partial charge >= 0.3 is 0 Å². The van der Waals surface area contributed by atoms with Crippen LogP contribution in [-0.4, -0.2) is 44.8 Å². The minimum absolute atomic E-state index is 0.389. The molecule has 2 aliphatic rings. The van der Waals surface area contributed by atoms with Gasteiger partial charge in [-0.3, -0.25) is 9.58 Å². The number of nitrogens with zero attached hydrogens (tertiary/aromatic N) is 4. The molecule has 3 heterocycles. The van der Waals surface area contributed by atoms with Crippen LogP contribution in [0.2, 0.25) is 0 Å². The third-order valence-electron chi connectivity index (χ3n) is 6.51. The number of aromatic nitrogens is 3. The number of hydrogen-bond donors (Lipinski definition) is 1. The van der Waals surface area contributed by atoms with Gasteiger partial charge in [0.05, 0.1) is 5.69 Å². The normalized spacial score (nSPS) is 21.3. The van der Waals surface area contributed by atoms with Gasteiger partial charge in [-0.05, 0) is 57.3 Å². The van der Waals surface area contributed by atoms with Crippen LogP contribution in [0.25, 0.3) is 11.0 Å². The molecule has 0 unspecified atom stereocenters. The summed E-state index contributed by atoms with van der Waals surface area (Å²) in [5.74, 6) is 0. The maximum Gasteiger partial charge on any atom is 0.157 e. The number of piperidine rings is 1. The lowest BCUT2D eigenvalue weighted by atomic mass is 9.79. The van der Waals surface area contributed by atoms with Gasteiger partial charge in [-0.2, -0.15) is 5.10 Å². The molecule has 1 aliphatic carbocycles. The van der Waals surface area contributed by atoms with Crippen molar-refractivity contribution >= 4 is 11.0 Å². The van der Waals surface area contributed by atoms with Crippen LogP contribution < -0.4 is 5.32 Å². The lowest BCUT2D eigenvalue weighted by molar-refractivity contribution is 0.0333. The summed E-state index contributed by atoms with van der Waals surface area (Å²) in [6, 6.07) is 2.26. The largest absolute Gasteiger partial charge is 0.311 e. The number of hydrogen-bond acceptors (Lipinski definition) is 4. The van der Waals surface area contributed by atoms with Crippen LogP contribution in [0.5, 0.6) is 0 Å². The number of likely N-dealkylation sites (tertiary alicyclic amines) is 1. The van der Waals surface area contributed by atoms with Crippen LogP contribution in [-0.2, 0) is 13.6 Å². The second-order valence-electron chi connectivity index (χ2n) is 8.36. The zero-order valence-corrected chi connectivity index (χ0v) is 16.4. The molecule has 26 heavy (non-hydrogen) atoms. The Balaban J connectivity index is 1.43. The molecule has 5 nitrogen and oxygen atoms in total. The first-order chi connectivity index (χ1) is 12.7. The fourth-order valence-electron chi connectivity index (χ4n) is 5.07. The Kier molecular flexibility index (Phi) is 5.28. The summed E-state index contributed by atoms with van der Waals surface area (Å²) < 4.78 is 1.87. The highest BCUT2D eigenvalue weighted by Gasteiger charge is 2.37. The van der Waals surface area contributed by atoms with E-state index in [1.807, 2.05) is 17.9 Å². The van der Waals surface area contributed by atoms with E-state index in [9.17, 15) is 0 Å². The molecule has 4 rings (SSSR count). The van der Waals surface area contributed by atoms with E-state index < -0.39 is 0 Å². The first kappa shape index (κ1) is 17.9. The molecule has 0 atom stereocenters. The maximum absolute atomic E-state index is 4.62. The molecule has 1 saturated heterocycles. The molecule has 2 fully saturated rings. The molecule has 1 N–H and O–H groups in total. The minimum atomic E-state index is 0.389. The third kappa shape index (κ3) is 3.52. The predicted octanol–water partition coefficient (Wildman–Crippen LogP) is 3.56. The Morgan fingerprint density at radius 1 is 1.08 bits per heavy atom. The number of fused-ring (bicyclic) bond motifs is 1. The summed E-state index contributed by atoms with van der Waals surface area (Å²) in [5, 5.41) is 9.45. The van der Waals surface area contributed by atoms with Crippen LogP contribution in [0, 0.1) is 6.92 Å². The SMILES string of the molecule is Cc1nn(C)c2ncc(CNCC3(N4CCCCC4)CCCCC3)cc12. The highest BCUT2D eigenvalue weighted by Crippen LogP contribution is 2.35. The molecule has 5 heteroatoms. The van der Waals surface area contributed by atoms with Crippen LogP contribution >= 0.6 is 0 Å². The quantitative estimate of drug-likeness (QED) is 0.891. The van der Waals surface area contributed by atoms with Gasteiger partial charge in [0.25, 0.3) is 0 Å². The van der Waals surface area contributed by atoms with Gasteiger partial charge in [0.2, 0.25) is 0 Å². The van der Waals surface area contributed by atoms with Crippen LogP contribution in [0.4, 0.5) is 0 Å². The van der Waals surface area contributed by atoms with Crippen molar-refractivity contribution in [2.75, 3.05) is 19.6 Å². The van der Waals surface area contributed by atoms with E-state index in [4.69, 9.17) is 0 Å². The highest BCUT2D eigenvalue weighted by molar-refractivity contribution is 5.78. The Bertz CT molecular complexity index is 738. The summed E-state index contributed by atoms with van der Waals surface area (Å²) in [7, 11) is 1.96. The van der Waals surface area contributed by atoms with E-state index >= 15 is 0 Å². The first-order valence-corrected chi connectivity index (χ1v) is 10.4. The van der Waals surface area contributed by atoms with Gasteiger partial charge in [0.15, 0.2) is 5.65 Å². The molecular weight excluding hydrogens is 322 g/mol. The van der Waals surface area contributed by atoms with E-state index in [0.29, 0.717) is 5.54 Å². The molecule has 1 saturated carbocycles. The molecule has 2 aromatic heterocycles. The maximum atomic E-state index is 4.62. The number of aryl methyl sites for hydroxylation is 2. The Morgan fingerprint density at radius 2 is 1.81 bits per heavy atom. The van der Waals surface area contributed by atoms with Crippen LogP contribution in [0.15, 0.2) is 12.3 Å². The lowest BCUT2D eigenvalue weighted by Crippen LogP contribution is -2.57. The van der Waals surface area contributed by atoms with Gasteiger partial charge in [0.1, 0.15) is 0 Å². The van der Waals surface area contributed by atoms with Gasteiger partial charge in [-0.25, -0.2) is 4.98 Å². The first-order valence-electron chi connectivity index (χ1n) is 10.4. The van der Waals surface area contributed by atoms with Gasteiger partial charge in [0, 0.05) is 37.3 Å². The second-order valence-corrected chi connectivity index (χ2v) is 8.36. The van der Waals surface area contributed by atoms with E-state index in [1.165, 1.54) is 75.4 Å². The average molecular weight is 356 g/mol. The molecule has 2 aromatic rings. The number of pyridine rings is 1. The Hall–Kier alpha value is -1.46. The summed E-state index contributed by atoms with van der Waals surface area (Å²) in [6.45, 7) is 6.66. The van der Waals surface area contributed by atoms with Crippen molar-refractivity contribution in [1.82, 2.24) is 25.0 Å². The standard InChI is InChI=1S/C21H33N5/c1-17-19-13-18(15-23-20(19)25(2)24-17)14-22-16-21(9-5-3-6-10-21)26-11-7-4-8-12-26/h13,15,22H,3-12,14,16H2,1-2H3. The van der Waals surface area contributed by atoms with Crippen molar-refractivity contribution in [1.29, 1.82) is 0 Å². The Morgan fingerprint density at radius 3 is 2.58 bits per heavy atom. The molecule has 0 aromatic carbocycles. The highest BCUT2D eigenvalue weighted by atomic mass is 15.3. The minimum Gasteiger partial charge on any atom is -0.311 e. The molecule has 0 bridgehead atoms. The van der Waals surface area contributed by atoms with Gasteiger partial charge < -0.3 is 5.32 Å². The topological polar surface area (TPSA) is 46.0 Å². The number of rotatable bonds is 5. The van der Waals surface area contributed by atoms with Crippen molar-refractivity contribution < 1.29 is 0 Å². The van der Waals surface area contributed by atoms with E-state index in [0.717, 1.165) is 24.4 Å². The molecule has 0 radical (unpaired) electrons. The van der Waals surface area contributed by atoms with Crippen LogP contribution in [0.3, 0.4) is 0 Å². The zero-order chi connectivity index (χ0) is 18.0. The second kappa shape index (κ2) is 7.65. The molecule has 0 spiro atoms. The summed E-state index contributed by atoms with van der Waals surface area (Å²) >= 11 is 0. The van der Waals surface area contributed by atoms with Gasteiger partial charge in [-0.15, -0.1) is 0 Å². The Labute approximate surface area is 157 Å². The average Bonchev–Trinajstić information content (AvgIpc) is 2.97. The lowest BCUT2D eigenvalue weighted by Gasteiger charge is -2.48. The van der Waals surface area contributed by atoms with Crippen molar-refractivity contribution in [3.8, 4) is 0 Å². The summed E-state index contributed by atoms with van der Waals surface area (Å²) in [5.41, 5.74) is 3.69. The third-order valence-corrected chi connectivity index (χ3v) is 6.51. The fraction of sp³-hybridized carbons (Fsp3) is 0.714. The van der Waals surface area contributed by atoms with Crippen LogP contribution in [0.1, 0.15) is 62.6 Å². The molecule has 1 aliphatic heterocycles. The van der Waals surface area contributed by atoms with Crippen molar-refractivity contribution in [3.05, 3.63) is 23.5 Å². The van der Waals surface area contributed by atoms with E-state index in [1.54, 1.807) is 0 Å². The van der Waals surface area contributed by atoms with Crippen molar-refractivity contribution in [3.63, 3.8) is 0 Å².